The Balaban J connectivity index is 1.67. The van der Waals surface area contributed by atoms with Crippen molar-refractivity contribution in [1.29, 1.82) is 0 Å². The Kier molecular flexibility index (Phi) is 6.66. The molecule has 43 heavy (non-hydrogen) atoms. The Labute approximate surface area is 257 Å². The first-order valence-corrected chi connectivity index (χ1v) is 15.6. The SMILES string of the molecule is [C-]#[N+]C(C)(C)Cc1ccc2c(c1)cc1c3c([n+](C)ccc32)-c2c(c(CC(C)(C)C)c3ccc(CC(C)(C)C)cc3c2C)O1. The van der Waals surface area contributed by atoms with Crippen LogP contribution in [0.2, 0.25) is 0 Å². The first-order chi connectivity index (χ1) is 20.0. The second kappa shape index (κ2) is 9.81. The van der Waals surface area contributed by atoms with Crippen LogP contribution in [0.1, 0.15) is 77.6 Å². The molecule has 1 aromatic heterocycles. The number of fused-ring (bicyclic) bond motifs is 5. The van der Waals surface area contributed by atoms with Crippen LogP contribution in [0.3, 0.4) is 0 Å². The zero-order chi connectivity index (χ0) is 31.1. The number of pyridine rings is 1. The van der Waals surface area contributed by atoms with Crippen molar-refractivity contribution in [1.82, 2.24) is 0 Å². The highest BCUT2D eigenvalue weighted by molar-refractivity contribution is 6.16. The Morgan fingerprint density at radius 3 is 2.05 bits per heavy atom. The molecule has 0 saturated carbocycles. The molecule has 1 aliphatic rings. The lowest BCUT2D eigenvalue weighted by Crippen LogP contribution is -2.32. The molecule has 0 aliphatic carbocycles. The predicted octanol–water partition coefficient (Wildman–Crippen LogP) is 10.5. The van der Waals surface area contributed by atoms with Gasteiger partial charge in [-0.05, 0) is 74.9 Å². The van der Waals surface area contributed by atoms with Crippen molar-refractivity contribution < 1.29 is 9.30 Å². The maximum Gasteiger partial charge on any atom is 0.231 e. The van der Waals surface area contributed by atoms with E-state index in [0.29, 0.717) is 0 Å². The molecule has 0 fully saturated rings. The van der Waals surface area contributed by atoms with E-state index in [9.17, 15) is 0 Å². The Morgan fingerprint density at radius 2 is 1.40 bits per heavy atom. The van der Waals surface area contributed by atoms with E-state index >= 15 is 0 Å². The van der Waals surface area contributed by atoms with E-state index in [1.54, 1.807) is 0 Å². The second-order valence-electron chi connectivity index (χ2n) is 15.9. The standard InChI is InChI=1S/C40H45N2O/c1-24-31-19-26(21-38(2,3)4)13-15-29(31)32(23-39(5,6)7)37-34(24)36-35-30(16-17-42(36)11)28-14-12-25(22-40(8,9)41-10)18-27(28)20-33(35)43-37/h12-20H,21-23H2,1-9,11H3/q+1. The molecule has 0 bridgehead atoms. The fourth-order valence-corrected chi connectivity index (χ4v) is 7.02. The Hall–Kier alpha value is -3.90. The van der Waals surface area contributed by atoms with Crippen LogP contribution in [0.4, 0.5) is 0 Å². The van der Waals surface area contributed by atoms with Gasteiger partial charge in [0.25, 0.3) is 0 Å². The maximum absolute atomic E-state index is 7.62. The van der Waals surface area contributed by atoms with Crippen LogP contribution in [0.15, 0.2) is 54.7 Å². The van der Waals surface area contributed by atoms with E-state index in [2.05, 4.69) is 120 Å². The molecule has 6 rings (SSSR count). The van der Waals surface area contributed by atoms with Gasteiger partial charge in [0, 0.05) is 30.9 Å². The molecule has 0 N–H and O–H groups in total. The minimum atomic E-state index is -0.428. The number of aryl methyl sites for hydroxylation is 2. The Bertz CT molecular complexity index is 1990. The lowest BCUT2D eigenvalue weighted by molar-refractivity contribution is -0.659. The zero-order valence-electron chi connectivity index (χ0n) is 27.6. The van der Waals surface area contributed by atoms with Crippen LogP contribution in [0.25, 0.3) is 48.4 Å². The topological polar surface area (TPSA) is 17.5 Å². The fourth-order valence-electron chi connectivity index (χ4n) is 7.02. The van der Waals surface area contributed by atoms with Crippen LogP contribution >= 0.6 is 0 Å². The van der Waals surface area contributed by atoms with Gasteiger partial charge in [0.15, 0.2) is 6.20 Å². The molecule has 3 heteroatoms. The number of nitrogens with zero attached hydrogens (tertiary/aromatic N) is 2. The number of hydrogen-bond acceptors (Lipinski definition) is 1. The fraction of sp³-hybridized carbons (Fsp3) is 0.400. The molecule has 0 amide bonds. The van der Waals surface area contributed by atoms with Gasteiger partial charge in [-0.2, -0.15) is 0 Å². The highest BCUT2D eigenvalue weighted by atomic mass is 16.5. The van der Waals surface area contributed by atoms with Gasteiger partial charge in [0.05, 0.1) is 17.4 Å². The number of rotatable bonds is 4. The third-order valence-corrected chi connectivity index (χ3v) is 8.78. The first kappa shape index (κ1) is 29.2. The number of benzene rings is 4. The summed E-state index contributed by atoms with van der Waals surface area (Å²) in [6.07, 6.45) is 4.88. The van der Waals surface area contributed by atoms with E-state index in [1.807, 2.05) is 13.8 Å². The average molecular weight is 570 g/mol. The molecule has 0 radical (unpaired) electrons. The molecule has 3 nitrogen and oxygen atoms in total. The van der Waals surface area contributed by atoms with Crippen molar-refractivity contribution >= 4 is 32.3 Å². The quantitative estimate of drug-likeness (QED) is 0.117. The van der Waals surface area contributed by atoms with Gasteiger partial charge in [-0.3, -0.25) is 0 Å². The minimum Gasteiger partial charge on any atom is -0.455 e. The summed E-state index contributed by atoms with van der Waals surface area (Å²) in [5.74, 6) is 1.92. The van der Waals surface area contributed by atoms with Crippen molar-refractivity contribution in [2.45, 2.75) is 87.1 Å². The molecule has 0 spiro atoms. The molecule has 0 unspecified atom stereocenters. The summed E-state index contributed by atoms with van der Waals surface area (Å²) in [4.78, 5) is 3.85. The molecule has 0 saturated heterocycles. The molecule has 5 aromatic rings. The lowest BCUT2D eigenvalue weighted by atomic mass is 9.80. The Morgan fingerprint density at radius 1 is 0.744 bits per heavy atom. The summed E-state index contributed by atoms with van der Waals surface area (Å²) in [6.45, 7) is 27.8. The van der Waals surface area contributed by atoms with E-state index in [-0.39, 0.29) is 10.8 Å². The smallest absolute Gasteiger partial charge is 0.231 e. The summed E-state index contributed by atoms with van der Waals surface area (Å²) in [6, 6.07) is 18.2. The molecular formula is C40H45N2O+. The van der Waals surface area contributed by atoms with Gasteiger partial charge in [-0.25, -0.2) is 11.1 Å². The van der Waals surface area contributed by atoms with Gasteiger partial charge in [-0.15, -0.1) is 0 Å². The summed E-state index contributed by atoms with van der Waals surface area (Å²) >= 11 is 0. The summed E-state index contributed by atoms with van der Waals surface area (Å²) < 4.78 is 9.37. The molecular weight excluding hydrogens is 524 g/mol. The van der Waals surface area contributed by atoms with Crippen molar-refractivity contribution in [2.24, 2.45) is 17.9 Å². The van der Waals surface area contributed by atoms with E-state index in [0.717, 1.165) is 36.1 Å². The van der Waals surface area contributed by atoms with Crippen LogP contribution in [0.5, 0.6) is 11.5 Å². The molecule has 220 valence electrons. The highest BCUT2D eigenvalue weighted by Gasteiger charge is 2.34. The van der Waals surface area contributed by atoms with Crippen LogP contribution in [-0.4, -0.2) is 5.54 Å². The van der Waals surface area contributed by atoms with Crippen molar-refractivity contribution in [3.63, 3.8) is 0 Å². The van der Waals surface area contributed by atoms with Crippen LogP contribution in [-0.2, 0) is 26.3 Å². The van der Waals surface area contributed by atoms with Crippen molar-refractivity contribution in [2.75, 3.05) is 0 Å². The third-order valence-electron chi connectivity index (χ3n) is 8.78. The van der Waals surface area contributed by atoms with Gasteiger partial charge in [0.2, 0.25) is 11.2 Å². The van der Waals surface area contributed by atoms with Gasteiger partial charge < -0.3 is 9.58 Å². The van der Waals surface area contributed by atoms with Crippen molar-refractivity contribution in [3.8, 4) is 22.8 Å². The number of hydrogen-bond donors (Lipinski definition) is 0. The van der Waals surface area contributed by atoms with E-state index in [4.69, 9.17) is 11.3 Å². The monoisotopic (exact) mass is 569 g/mol. The summed E-state index contributed by atoms with van der Waals surface area (Å²) in [7, 11) is 2.16. The molecule has 4 aromatic carbocycles. The van der Waals surface area contributed by atoms with Gasteiger partial charge >= 0.3 is 0 Å². The molecule has 0 atom stereocenters. The largest absolute Gasteiger partial charge is 0.455 e. The first-order valence-electron chi connectivity index (χ1n) is 15.6. The van der Waals surface area contributed by atoms with Gasteiger partial charge in [0.1, 0.15) is 18.5 Å². The average Bonchev–Trinajstić information content (AvgIpc) is 2.90. The number of aromatic nitrogens is 1. The van der Waals surface area contributed by atoms with Crippen LogP contribution in [0, 0.1) is 24.3 Å². The second-order valence-corrected chi connectivity index (χ2v) is 15.9. The number of ether oxygens (including phenoxy) is 1. The molecule has 1 aliphatic heterocycles. The molecule has 2 heterocycles. The van der Waals surface area contributed by atoms with Gasteiger partial charge in [-0.1, -0.05) is 77.9 Å². The summed E-state index contributed by atoms with van der Waals surface area (Å²) in [5.41, 5.74) is 7.46. The van der Waals surface area contributed by atoms with Crippen molar-refractivity contribution in [3.05, 3.63) is 88.4 Å². The zero-order valence-corrected chi connectivity index (χ0v) is 27.6. The minimum absolute atomic E-state index is 0.0892. The highest BCUT2D eigenvalue weighted by Crippen LogP contribution is 2.53. The van der Waals surface area contributed by atoms with Crippen LogP contribution < -0.4 is 9.30 Å². The predicted molar refractivity (Wildman–Crippen MR) is 181 cm³/mol. The van der Waals surface area contributed by atoms with E-state index < -0.39 is 5.54 Å². The normalized spacial score (nSPS) is 13.3. The lowest BCUT2D eigenvalue weighted by Gasteiger charge is -2.29. The van der Waals surface area contributed by atoms with E-state index in [1.165, 1.54) is 60.4 Å². The third kappa shape index (κ3) is 5.27. The maximum atomic E-state index is 7.62. The summed E-state index contributed by atoms with van der Waals surface area (Å²) in [5, 5.41) is 7.39.